The van der Waals surface area contributed by atoms with Crippen LogP contribution in [0.2, 0.25) is 10.0 Å². The van der Waals surface area contributed by atoms with E-state index in [1.165, 1.54) is 0 Å². The molecular formula is C12H12Cl2N2O2S. The fraction of sp³-hybridized carbons (Fsp3) is 0.333. The summed E-state index contributed by atoms with van der Waals surface area (Å²) in [5.41, 5.74) is 0.857. The number of rotatable bonds is 4. The van der Waals surface area contributed by atoms with Gasteiger partial charge in [0.15, 0.2) is 5.82 Å². The molecule has 0 bridgehead atoms. The monoisotopic (exact) mass is 318 g/mol. The van der Waals surface area contributed by atoms with Crippen LogP contribution in [-0.4, -0.2) is 14.3 Å². The molecular weight excluding hydrogens is 307 g/mol. The largest absolute Gasteiger partial charge is 0.338 e. The second kappa shape index (κ2) is 6.03. The van der Waals surface area contributed by atoms with Crippen LogP contribution in [0.1, 0.15) is 29.5 Å². The zero-order valence-corrected chi connectivity index (χ0v) is 12.7. The molecule has 4 nitrogen and oxygen atoms in total. The van der Waals surface area contributed by atoms with Crippen molar-refractivity contribution in [1.82, 2.24) is 10.1 Å². The molecule has 0 radical (unpaired) electrons. The first-order valence-corrected chi connectivity index (χ1v) is 7.72. The Bertz CT molecular complexity index is 616. The minimum absolute atomic E-state index is 0.323. The second-order valence-electron chi connectivity index (χ2n) is 4.10. The molecule has 0 aliphatic heterocycles. The lowest BCUT2D eigenvalue weighted by Gasteiger charge is -2.07. The number of hydrogen-bond donors (Lipinski definition) is 0. The molecule has 0 aliphatic carbocycles. The summed E-state index contributed by atoms with van der Waals surface area (Å²) in [6, 6.07) is 5.21. The lowest BCUT2D eigenvalue weighted by Crippen LogP contribution is -2.06. The Labute approximate surface area is 123 Å². The van der Waals surface area contributed by atoms with Crippen molar-refractivity contribution in [3.05, 3.63) is 45.5 Å². The quantitative estimate of drug-likeness (QED) is 0.862. The molecule has 2 rings (SSSR count). The molecule has 1 heterocycles. The van der Waals surface area contributed by atoms with E-state index in [9.17, 15) is 4.21 Å². The Hall–Kier alpha value is -0.910. The molecule has 2 aromatic rings. The molecule has 1 aromatic heterocycles. The van der Waals surface area contributed by atoms with Gasteiger partial charge in [0.05, 0.1) is 10.0 Å². The second-order valence-corrected chi connectivity index (χ2v) is 6.67. The summed E-state index contributed by atoms with van der Waals surface area (Å²) in [6.45, 7) is 3.52. The first kappa shape index (κ1) is 14.5. The van der Waals surface area contributed by atoms with Crippen molar-refractivity contribution in [2.24, 2.45) is 0 Å². The molecule has 0 spiro atoms. The van der Waals surface area contributed by atoms with Crippen molar-refractivity contribution in [3.8, 4) is 0 Å². The highest BCUT2D eigenvalue weighted by atomic mass is 35.5. The molecule has 7 heteroatoms. The van der Waals surface area contributed by atoms with Crippen LogP contribution < -0.4 is 0 Å². The van der Waals surface area contributed by atoms with Crippen molar-refractivity contribution < 1.29 is 8.73 Å². The fourth-order valence-electron chi connectivity index (χ4n) is 1.51. The smallest absolute Gasteiger partial charge is 0.242 e. The molecule has 0 saturated heterocycles. The zero-order valence-electron chi connectivity index (χ0n) is 10.4. The Balaban J connectivity index is 2.10. The van der Waals surface area contributed by atoms with Gasteiger partial charge in [-0.25, -0.2) is 0 Å². The topological polar surface area (TPSA) is 56.0 Å². The maximum Gasteiger partial charge on any atom is 0.242 e. The van der Waals surface area contributed by atoms with E-state index in [2.05, 4.69) is 10.1 Å². The highest BCUT2D eigenvalue weighted by Gasteiger charge is 2.20. The maximum absolute atomic E-state index is 12.2. The van der Waals surface area contributed by atoms with Crippen LogP contribution in [0.4, 0.5) is 0 Å². The number of benzene rings is 1. The molecule has 0 amide bonds. The normalized spacial score (nSPS) is 14.3. The van der Waals surface area contributed by atoms with Crippen LogP contribution in [0, 0.1) is 6.92 Å². The van der Waals surface area contributed by atoms with Crippen molar-refractivity contribution in [3.63, 3.8) is 0 Å². The van der Waals surface area contributed by atoms with Gasteiger partial charge in [0, 0.05) is 16.6 Å². The van der Waals surface area contributed by atoms with Gasteiger partial charge in [-0.15, -0.1) is 0 Å². The summed E-state index contributed by atoms with van der Waals surface area (Å²) in [4.78, 5) is 4.09. The average Bonchev–Trinajstić information content (AvgIpc) is 2.79. The minimum atomic E-state index is -1.17. The summed E-state index contributed by atoms with van der Waals surface area (Å²) in [7, 11) is -1.17. The minimum Gasteiger partial charge on any atom is -0.338 e. The number of nitrogens with zero attached hydrogens (tertiary/aromatic N) is 2. The van der Waals surface area contributed by atoms with Crippen molar-refractivity contribution in [1.29, 1.82) is 0 Å². The molecule has 0 saturated carbocycles. The van der Waals surface area contributed by atoms with Gasteiger partial charge in [0.2, 0.25) is 5.89 Å². The highest BCUT2D eigenvalue weighted by molar-refractivity contribution is 7.84. The van der Waals surface area contributed by atoms with Crippen LogP contribution in [-0.2, 0) is 16.6 Å². The summed E-state index contributed by atoms with van der Waals surface area (Å²) >= 11 is 11.8. The van der Waals surface area contributed by atoms with Gasteiger partial charge in [-0.2, -0.15) is 4.98 Å². The predicted octanol–water partition coefficient (Wildman–Crippen LogP) is 3.69. The van der Waals surface area contributed by atoms with E-state index in [4.69, 9.17) is 27.7 Å². The van der Waals surface area contributed by atoms with E-state index < -0.39 is 10.8 Å². The molecule has 0 aliphatic rings. The van der Waals surface area contributed by atoms with Crippen LogP contribution in [0.3, 0.4) is 0 Å². The lowest BCUT2D eigenvalue weighted by atomic mass is 10.2. The molecule has 102 valence electrons. The van der Waals surface area contributed by atoms with Gasteiger partial charge < -0.3 is 4.52 Å². The predicted molar refractivity (Wildman–Crippen MR) is 75.8 cm³/mol. The Morgan fingerprint density at radius 2 is 2.11 bits per heavy atom. The van der Waals surface area contributed by atoms with E-state index >= 15 is 0 Å². The Kier molecular flexibility index (Phi) is 4.60. The van der Waals surface area contributed by atoms with Gasteiger partial charge in [-0.1, -0.05) is 34.4 Å². The first-order valence-electron chi connectivity index (χ1n) is 5.58. The van der Waals surface area contributed by atoms with Crippen LogP contribution in [0.5, 0.6) is 0 Å². The third-order valence-electron chi connectivity index (χ3n) is 2.58. The third kappa shape index (κ3) is 3.55. The molecule has 0 N–H and O–H groups in total. The van der Waals surface area contributed by atoms with Crippen LogP contribution >= 0.6 is 23.2 Å². The van der Waals surface area contributed by atoms with Crippen molar-refractivity contribution in [2.75, 3.05) is 0 Å². The van der Waals surface area contributed by atoms with E-state index in [1.807, 2.05) is 0 Å². The van der Waals surface area contributed by atoms with Gasteiger partial charge in [-0.3, -0.25) is 4.21 Å². The third-order valence-corrected chi connectivity index (χ3v) is 4.93. The molecule has 0 fully saturated rings. The van der Waals surface area contributed by atoms with E-state index in [1.54, 1.807) is 32.0 Å². The van der Waals surface area contributed by atoms with Gasteiger partial charge in [0.1, 0.15) is 5.25 Å². The van der Waals surface area contributed by atoms with Crippen molar-refractivity contribution >= 4 is 34.0 Å². The Morgan fingerprint density at radius 1 is 1.37 bits per heavy atom. The molecule has 1 aromatic carbocycles. The SMILES string of the molecule is Cc1noc(C(C)S(=O)Cc2ccc(Cl)c(Cl)c2)n1. The summed E-state index contributed by atoms with van der Waals surface area (Å²) < 4.78 is 17.3. The first-order chi connectivity index (χ1) is 8.97. The number of aryl methyl sites for hydroxylation is 1. The lowest BCUT2D eigenvalue weighted by molar-refractivity contribution is 0.375. The van der Waals surface area contributed by atoms with E-state index in [0.29, 0.717) is 27.5 Å². The fourth-order valence-corrected chi connectivity index (χ4v) is 2.91. The van der Waals surface area contributed by atoms with E-state index in [-0.39, 0.29) is 5.25 Å². The summed E-state index contributed by atoms with van der Waals surface area (Å²) in [6.07, 6.45) is 0. The Morgan fingerprint density at radius 3 is 2.68 bits per heavy atom. The average molecular weight is 319 g/mol. The zero-order chi connectivity index (χ0) is 14.0. The van der Waals surface area contributed by atoms with Gasteiger partial charge >= 0.3 is 0 Å². The van der Waals surface area contributed by atoms with Crippen molar-refractivity contribution in [2.45, 2.75) is 24.9 Å². The van der Waals surface area contributed by atoms with Crippen LogP contribution in [0.15, 0.2) is 22.7 Å². The number of aromatic nitrogens is 2. The maximum atomic E-state index is 12.2. The van der Waals surface area contributed by atoms with Gasteiger partial charge in [-0.05, 0) is 31.5 Å². The van der Waals surface area contributed by atoms with Gasteiger partial charge in [0.25, 0.3) is 0 Å². The van der Waals surface area contributed by atoms with E-state index in [0.717, 1.165) is 5.56 Å². The van der Waals surface area contributed by atoms with Crippen LogP contribution in [0.25, 0.3) is 0 Å². The number of halogens is 2. The molecule has 19 heavy (non-hydrogen) atoms. The summed E-state index contributed by atoms with van der Waals surface area (Å²) in [5.74, 6) is 1.28. The summed E-state index contributed by atoms with van der Waals surface area (Å²) in [5, 5.41) is 4.31. The highest BCUT2D eigenvalue weighted by Crippen LogP contribution is 2.25. The molecule has 2 atom stereocenters. The molecule has 2 unspecified atom stereocenters. The number of hydrogen-bond acceptors (Lipinski definition) is 4. The standard InChI is InChI=1S/C12H12Cl2N2O2S/c1-7(12-15-8(2)16-18-12)19(17)6-9-3-4-10(13)11(14)5-9/h3-5,7H,6H2,1-2H3.